The van der Waals surface area contributed by atoms with E-state index in [2.05, 4.69) is 37.9 Å². The molecule has 0 bridgehead atoms. The van der Waals surface area contributed by atoms with Crippen molar-refractivity contribution >= 4 is 28.7 Å². The Kier molecular flexibility index (Phi) is 8.73. The summed E-state index contributed by atoms with van der Waals surface area (Å²) in [5.74, 6) is -0.629. The van der Waals surface area contributed by atoms with Gasteiger partial charge >= 0.3 is 6.03 Å². The predicted molar refractivity (Wildman–Crippen MR) is 154 cm³/mol. The maximum atomic E-state index is 13.2. The van der Waals surface area contributed by atoms with Crippen LogP contribution in [-0.4, -0.2) is 42.0 Å². The van der Waals surface area contributed by atoms with Crippen molar-refractivity contribution < 1.29 is 14.4 Å². The number of nitrogens with one attached hydrogen (secondary N) is 6. The van der Waals surface area contributed by atoms with E-state index in [0.29, 0.717) is 13.0 Å². The van der Waals surface area contributed by atoms with Gasteiger partial charge in [0.1, 0.15) is 6.04 Å². The highest BCUT2D eigenvalue weighted by molar-refractivity contribution is 5.90. The average molecular weight is 539 g/mol. The Balaban J connectivity index is 1.18. The lowest BCUT2D eigenvalue weighted by atomic mass is 9.92. The van der Waals surface area contributed by atoms with Crippen LogP contribution in [0, 0.1) is 0 Å². The number of aromatic amines is 1. The van der Waals surface area contributed by atoms with Gasteiger partial charge in [-0.3, -0.25) is 15.0 Å². The Morgan fingerprint density at radius 2 is 1.68 bits per heavy atom. The van der Waals surface area contributed by atoms with Crippen LogP contribution in [0.2, 0.25) is 0 Å². The van der Waals surface area contributed by atoms with Crippen LogP contribution >= 0.6 is 0 Å². The number of aromatic nitrogens is 1. The quantitative estimate of drug-likeness (QED) is 0.183. The van der Waals surface area contributed by atoms with Gasteiger partial charge in [0.25, 0.3) is 0 Å². The molecule has 4 aromatic rings. The second-order valence-corrected chi connectivity index (χ2v) is 9.95. The molecule has 206 valence electrons. The van der Waals surface area contributed by atoms with Crippen LogP contribution in [-0.2, 0) is 28.9 Å². The van der Waals surface area contributed by atoms with Crippen LogP contribution in [0.1, 0.15) is 34.7 Å². The van der Waals surface area contributed by atoms with Gasteiger partial charge < -0.3 is 20.9 Å². The Morgan fingerprint density at radius 3 is 2.55 bits per heavy atom. The molecule has 0 saturated carbocycles. The molecule has 1 aromatic heterocycles. The molecule has 0 fully saturated rings. The van der Waals surface area contributed by atoms with Gasteiger partial charge in [-0.1, -0.05) is 72.8 Å². The molecule has 4 amide bonds. The van der Waals surface area contributed by atoms with E-state index in [-0.39, 0.29) is 30.7 Å². The van der Waals surface area contributed by atoms with Gasteiger partial charge in [-0.15, -0.1) is 0 Å². The van der Waals surface area contributed by atoms with Crippen LogP contribution in [0.5, 0.6) is 0 Å². The van der Waals surface area contributed by atoms with Crippen LogP contribution in [0.25, 0.3) is 10.9 Å². The SMILES string of the molecule is O=C(C[C@@H]1NCCc2ccccc21)NNC(=O)N[C@H](Cc1c[nH]c2ccccc12)C(=O)NCCc1ccccc1. The van der Waals surface area contributed by atoms with E-state index >= 15 is 0 Å². The summed E-state index contributed by atoms with van der Waals surface area (Å²) in [6.45, 7) is 1.22. The highest BCUT2D eigenvalue weighted by Crippen LogP contribution is 2.25. The topological polar surface area (TPSA) is 127 Å². The molecule has 0 saturated heterocycles. The van der Waals surface area contributed by atoms with Crippen molar-refractivity contribution in [1.82, 2.24) is 31.8 Å². The minimum Gasteiger partial charge on any atom is -0.361 e. The summed E-state index contributed by atoms with van der Waals surface area (Å²) in [6.07, 6.45) is 3.90. The molecule has 9 heteroatoms. The van der Waals surface area contributed by atoms with Crippen LogP contribution < -0.4 is 26.8 Å². The van der Waals surface area contributed by atoms with Gasteiger partial charge in [-0.05, 0) is 47.7 Å². The van der Waals surface area contributed by atoms with Gasteiger partial charge in [-0.25, -0.2) is 10.2 Å². The third kappa shape index (κ3) is 6.86. The molecule has 9 nitrogen and oxygen atoms in total. The predicted octanol–water partition coefficient (Wildman–Crippen LogP) is 3.05. The third-order valence-corrected chi connectivity index (χ3v) is 7.20. The lowest BCUT2D eigenvalue weighted by molar-refractivity contribution is -0.123. The zero-order chi connectivity index (χ0) is 27.7. The molecule has 40 heavy (non-hydrogen) atoms. The van der Waals surface area contributed by atoms with E-state index in [9.17, 15) is 14.4 Å². The van der Waals surface area contributed by atoms with Crippen LogP contribution in [0.4, 0.5) is 4.79 Å². The standard InChI is InChI=1S/C31H34N6O3/c38-29(19-27-24-11-5-4-10-22(24)15-17-32-27)36-37-31(40)35-28(18-23-20-34-26-13-7-6-12-25(23)26)30(39)33-16-14-21-8-2-1-3-9-21/h1-13,20,27-28,32,34H,14-19H2,(H,33,39)(H,36,38)(H2,35,37,40)/t27-,28+/m0/s1. The van der Waals surface area contributed by atoms with Crippen molar-refractivity contribution in [3.05, 3.63) is 107 Å². The van der Waals surface area contributed by atoms with Crippen molar-refractivity contribution in [3.63, 3.8) is 0 Å². The van der Waals surface area contributed by atoms with Gasteiger partial charge in [-0.2, -0.15) is 0 Å². The first-order valence-corrected chi connectivity index (χ1v) is 13.6. The van der Waals surface area contributed by atoms with E-state index in [1.165, 1.54) is 5.56 Å². The van der Waals surface area contributed by atoms with Gasteiger partial charge in [0, 0.05) is 42.5 Å². The van der Waals surface area contributed by atoms with Gasteiger partial charge in [0.05, 0.1) is 0 Å². The van der Waals surface area contributed by atoms with Crippen molar-refractivity contribution in [2.24, 2.45) is 0 Å². The molecule has 3 aromatic carbocycles. The summed E-state index contributed by atoms with van der Waals surface area (Å²) in [4.78, 5) is 41.8. The zero-order valence-corrected chi connectivity index (χ0v) is 22.2. The fraction of sp³-hybridized carbons (Fsp3) is 0.258. The van der Waals surface area contributed by atoms with Crippen molar-refractivity contribution in [2.75, 3.05) is 13.1 Å². The number of fused-ring (bicyclic) bond motifs is 2. The van der Waals surface area contributed by atoms with Crippen molar-refractivity contribution in [2.45, 2.75) is 37.8 Å². The molecule has 0 unspecified atom stereocenters. The Morgan fingerprint density at radius 1 is 0.900 bits per heavy atom. The lowest BCUT2D eigenvalue weighted by Gasteiger charge is -2.26. The van der Waals surface area contributed by atoms with E-state index in [1.807, 2.05) is 79.0 Å². The van der Waals surface area contributed by atoms with E-state index in [1.54, 1.807) is 0 Å². The molecule has 5 rings (SSSR count). The summed E-state index contributed by atoms with van der Waals surface area (Å²) >= 11 is 0. The molecule has 0 radical (unpaired) electrons. The summed E-state index contributed by atoms with van der Waals surface area (Å²) in [6, 6.07) is 24.1. The Bertz CT molecular complexity index is 1470. The summed E-state index contributed by atoms with van der Waals surface area (Å²) < 4.78 is 0. The molecule has 1 aliphatic heterocycles. The molecule has 6 N–H and O–H groups in total. The fourth-order valence-corrected chi connectivity index (χ4v) is 5.16. The first-order valence-electron chi connectivity index (χ1n) is 13.6. The van der Waals surface area contributed by atoms with Crippen LogP contribution in [0.3, 0.4) is 0 Å². The normalized spacial score (nSPS) is 15.1. The number of hydrogen-bond acceptors (Lipinski definition) is 4. The molecular weight excluding hydrogens is 504 g/mol. The summed E-state index contributed by atoms with van der Waals surface area (Å²) in [7, 11) is 0. The fourth-order valence-electron chi connectivity index (χ4n) is 5.16. The van der Waals surface area contributed by atoms with Crippen LogP contribution in [0.15, 0.2) is 85.1 Å². The number of hydrazine groups is 1. The number of benzene rings is 3. The maximum absolute atomic E-state index is 13.2. The largest absolute Gasteiger partial charge is 0.361 e. The number of urea groups is 1. The maximum Gasteiger partial charge on any atom is 0.334 e. The first kappa shape index (κ1) is 27.0. The summed E-state index contributed by atoms with van der Waals surface area (Å²) in [5.41, 5.74) is 10.2. The lowest BCUT2D eigenvalue weighted by Crippen LogP contribution is -2.55. The molecular formula is C31H34N6O3. The number of carbonyl (C=O) groups is 3. The van der Waals surface area contributed by atoms with Gasteiger partial charge in [0.15, 0.2) is 0 Å². The molecule has 0 aliphatic carbocycles. The van der Waals surface area contributed by atoms with Crippen molar-refractivity contribution in [1.29, 1.82) is 0 Å². The minimum atomic E-state index is -0.848. The van der Waals surface area contributed by atoms with E-state index < -0.39 is 12.1 Å². The highest BCUT2D eigenvalue weighted by atomic mass is 16.2. The average Bonchev–Trinajstić information content (AvgIpc) is 3.39. The second kappa shape index (κ2) is 12.9. The second-order valence-electron chi connectivity index (χ2n) is 9.95. The van der Waals surface area contributed by atoms with Gasteiger partial charge in [0.2, 0.25) is 11.8 Å². The molecule has 0 spiro atoms. The third-order valence-electron chi connectivity index (χ3n) is 7.20. The minimum absolute atomic E-state index is 0.125. The number of para-hydroxylation sites is 1. The zero-order valence-electron chi connectivity index (χ0n) is 22.2. The molecule has 1 aliphatic rings. The van der Waals surface area contributed by atoms with E-state index in [4.69, 9.17) is 0 Å². The monoisotopic (exact) mass is 538 g/mol. The number of carbonyl (C=O) groups excluding carboxylic acids is 3. The first-order chi connectivity index (χ1) is 19.6. The smallest absolute Gasteiger partial charge is 0.334 e. The number of amides is 4. The number of H-pyrrole nitrogens is 1. The number of hydrogen-bond donors (Lipinski definition) is 6. The Labute approximate surface area is 233 Å². The van der Waals surface area contributed by atoms with Crippen molar-refractivity contribution in [3.8, 4) is 0 Å². The number of rotatable bonds is 9. The highest BCUT2D eigenvalue weighted by Gasteiger charge is 2.24. The van der Waals surface area contributed by atoms with E-state index in [0.717, 1.165) is 40.6 Å². The molecule has 2 atom stereocenters. The Hall–Kier alpha value is -4.63. The summed E-state index contributed by atoms with van der Waals surface area (Å²) in [5, 5.41) is 10.0. The molecule has 2 heterocycles.